The van der Waals surface area contributed by atoms with E-state index < -0.39 is 10.8 Å². The summed E-state index contributed by atoms with van der Waals surface area (Å²) in [5.74, 6) is 1.15. The van der Waals surface area contributed by atoms with Gasteiger partial charge in [0.2, 0.25) is 0 Å². The molecule has 0 saturated heterocycles. The van der Waals surface area contributed by atoms with E-state index >= 15 is 0 Å². The molecule has 0 saturated carbocycles. The number of ether oxygens (including phenoxy) is 3. The number of halogens is 1. The van der Waals surface area contributed by atoms with Crippen molar-refractivity contribution in [3.63, 3.8) is 0 Å². The minimum absolute atomic E-state index is 0.00605. The van der Waals surface area contributed by atoms with Crippen LogP contribution in [0.4, 0.5) is 0 Å². The fraction of sp³-hybridized carbons (Fsp3) is 0.333. The van der Waals surface area contributed by atoms with Crippen molar-refractivity contribution in [3.05, 3.63) is 75.7 Å². The van der Waals surface area contributed by atoms with Crippen LogP contribution in [0.2, 0.25) is 5.02 Å². The Morgan fingerprint density at radius 3 is 2.30 bits per heavy atom. The molecule has 1 aromatic heterocycles. The average Bonchev–Trinajstić information content (AvgIpc) is 2.80. The summed E-state index contributed by atoms with van der Waals surface area (Å²) in [6.45, 7) is 4.22. The zero-order chi connectivity index (χ0) is 24.0. The molecule has 0 radical (unpaired) electrons. The summed E-state index contributed by atoms with van der Waals surface area (Å²) in [6.07, 6.45) is 0.450. The minimum atomic E-state index is -1.45. The fourth-order valence-corrected chi connectivity index (χ4v) is 4.36. The molecule has 0 aliphatic heterocycles. The van der Waals surface area contributed by atoms with Crippen LogP contribution in [0.3, 0.4) is 0 Å². The topological polar surface area (TPSA) is 84.6 Å². The van der Waals surface area contributed by atoms with Gasteiger partial charge in [-0.05, 0) is 47.9 Å². The molecule has 176 valence electrons. The van der Waals surface area contributed by atoms with Crippen LogP contribution < -0.4 is 18.9 Å². The van der Waals surface area contributed by atoms with Crippen molar-refractivity contribution < 1.29 is 23.1 Å². The van der Waals surface area contributed by atoms with Gasteiger partial charge in [0, 0.05) is 16.3 Å². The Bertz CT molecular complexity index is 1110. The summed E-state index contributed by atoms with van der Waals surface area (Å²) < 4.78 is 30.1. The van der Waals surface area contributed by atoms with Crippen molar-refractivity contribution in [1.29, 1.82) is 0 Å². The Kier molecular flexibility index (Phi) is 8.52. The molecule has 0 aliphatic rings. The predicted octanol–water partition coefficient (Wildman–Crippen LogP) is 4.47. The van der Waals surface area contributed by atoms with E-state index in [0.29, 0.717) is 26.8 Å². The van der Waals surface area contributed by atoms with Gasteiger partial charge >= 0.3 is 5.88 Å². The summed E-state index contributed by atoms with van der Waals surface area (Å²) in [4.78, 5) is 5.15. The SMILES string of the molecule is COc1ccc(COc2nc(CS(=O)c3ccc(Cl)cc3)c(OC)[n+]([O-])c2CC(C)C)cc1. The van der Waals surface area contributed by atoms with Crippen LogP contribution in [-0.4, -0.2) is 23.4 Å². The highest BCUT2D eigenvalue weighted by Crippen LogP contribution is 2.25. The summed E-state index contributed by atoms with van der Waals surface area (Å²) in [5.41, 5.74) is 1.53. The molecule has 2 aromatic carbocycles. The van der Waals surface area contributed by atoms with Gasteiger partial charge in [-0.25, -0.2) is 4.98 Å². The maximum absolute atomic E-state index is 13.2. The maximum Gasteiger partial charge on any atom is 0.402 e. The number of benzene rings is 2. The van der Waals surface area contributed by atoms with E-state index in [1.807, 2.05) is 38.1 Å². The number of methoxy groups -OCH3 is 2. The van der Waals surface area contributed by atoms with E-state index in [2.05, 4.69) is 4.98 Å². The van der Waals surface area contributed by atoms with Crippen LogP contribution in [0.1, 0.15) is 30.8 Å². The molecule has 0 spiro atoms. The molecule has 1 atom stereocenters. The van der Waals surface area contributed by atoms with Crippen LogP contribution in [0, 0.1) is 11.1 Å². The second-order valence-electron chi connectivity index (χ2n) is 7.79. The lowest BCUT2D eigenvalue weighted by molar-refractivity contribution is -0.622. The molecule has 33 heavy (non-hydrogen) atoms. The van der Waals surface area contributed by atoms with Gasteiger partial charge in [0.15, 0.2) is 5.69 Å². The Labute approximate surface area is 201 Å². The molecule has 1 unspecified atom stereocenters. The molecule has 0 amide bonds. The van der Waals surface area contributed by atoms with Gasteiger partial charge in [-0.1, -0.05) is 37.6 Å². The highest BCUT2D eigenvalue weighted by atomic mass is 35.5. The quantitative estimate of drug-likeness (QED) is 0.308. The van der Waals surface area contributed by atoms with Crippen molar-refractivity contribution in [2.24, 2.45) is 5.92 Å². The molecule has 9 heteroatoms. The molecule has 1 heterocycles. The van der Waals surface area contributed by atoms with Gasteiger partial charge < -0.3 is 19.4 Å². The number of nitrogens with zero attached hydrogens (tertiary/aromatic N) is 2. The molecular formula is C24H27ClN2O5S. The average molecular weight is 491 g/mol. The number of aromatic nitrogens is 2. The van der Waals surface area contributed by atoms with Crippen molar-refractivity contribution in [2.45, 2.75) is 37.5 Å². The third-order valence-corrected chi connectivity index (χ3v) is 6.42. The lowest BCUT2D eigenvalue weighted by atomic mass is 10.1. The van der Waals surface area contributed by atoms with Crippen LogP contribution in [0.5, 0.6) is 17.5 Å². The molecule has 0 fully saturated rings. The first-order valence-corrected chi connectivity index (χ1v) is 12.1. The van der Waals surface area contributed by atoms with E-state index in [4.69, 9.17) is 25.8 Å². The predicted molar refractivity (Wildman–Crippen MR) is 127 cm³/mol. The van der Waals surface area contributed by atoms with E-state index in [0.717, 1.165) is 11.3 Å². The van der Waals surface area contributed by atoms with Crippen LogP contribution in [0.15, 0.2) is 53.4 Å². The second-order valence-corrected chi connectivity index (χ2v) is 9.68. The van der Waals surface area contributed by atoms with E-state index in [9.17, 15) is 9.42 Å². The van der Waals surface area contributed by atoms with Gasteiger partial charge in [0.1, 0.15) is 12.4 Å². The van der Waals surface area contributed by atoms with E-state index in [1.54, 1.807) is 31.4 Å². The van der Waals surface area contributed by atoms with E-state index in [1.165, 1.54) is 7.11 Å². The zero-order valence-electron chi connectivity index (χ0n) is 19.0. The van der Waals surface area contributed by atoms with Crippen molar-refractivity contribution in [2.75, 3.05) is 14.2 Å². The Hall–Kier alpha value is -2.84. The lowest BCUT2D eigenvalue weighted by Gasteiger charge is -2.16. The lowest BCUT2D eigenvalue weighted by Crippen LogP contribution is -2.37. The normalized spacial score (nSPS) is 11.9. The first-order valence-electron chi connectivity index (χ1n) is 10.4. The van der Waals surface area contributed by atoms with Gasteiger partial charge in [0.25, 0.3) is 11.6 Å². The highest BCUT2D eigenvalue weighted by Gasteiger charge is 2.28. The number of hydrogen-bond acceptors (Lipinski definition) is 6. The largest absolute Gasteiger partial charge is 0.616 e. The fourth-order valence-electron chi connectivity index (χ4n) is 3.20. The minimum Gasteiger partial charge on any atom is -0.616 e. The Balaban J connectivity index is 1.93. The van der Waals surface area contributed by atoms with Crippen LogP contribution in [0.25, 0.3) is 0 Å². The molecule has 0 N–H and O–H groups in total. The molecular weight excluding hydrogens is 464 g/mol. The van der Waals surface area contributed by atoms with Gasteiger partial charge in [-0.15, -0.1) is 4.73 Å². The monoisotopic (exact) mass is 490 g/mol. The highest BCUT2D eigenvalue weighted by molar-refractivity contribution is 7.84. The summed E-state index contributed by atoms with van der Waals surface area (Å²) in [6, 6.07) is 14.1. The second kappa shape index (κ2) is 11.3. The number of rotatable bonds is 10. The summed E-state index contributed by atoms with van der Waals surface area (Å²) in [7, 11) is 1.55. The Morgan fingerprint density at radius 1 is 1.06 bits per heavy atom. The smallest absolute Gasteiger partial charge is 0.402 e. The van der Waals surface area contributed by atoms with E-state index in [-0.39, 0.29) is 35.7 Å². The van der Waals surface area contributed by atoms with Crippen molar-refractivity contribution in [1.82, 2.24) is 4.98 Å². The van der Waals surface area contributed by atoms with Gasteiger partial charge in [-0.2, -0.15) is 0 Å². The first-order chi connectivity index (χ1) is 15.8. The third kappa shape index (κ3) is 6.36. The van der Waals surface area contributed by atoms with Crippen LogP contribution in [-0.2, 0) is 29.6 Å². The van der Waals surface area contributed by atoms with Gasteiger partial charge in [-0.3, -0.25) is 4.21 Å². The molecule has 0 bridgehead atoms. The van der Waals surface area contributed by atoms with Crippen molar-refractivity contribution in [3.8, 4) is 17.5 Å². The standard InChI is InChI=1S/C24H27ClN2O5S/c1-16(2)13-22-23(32-14-17-5-9-19(30-3)10-6-17)26-21(24(31-4)27(22)28)15-33(29)20-11-7-18(25)8-12-20/h5-12,16H,13-15H2,1-4H3. The Morgan fingerprint density at radius 2 is 1.73 bits per heavy atom. The zero-order valence-corrected chi connectivity index (χ0v) is 20.6. The van der Waals surface area contributed by atoms with Gasteiger partial charge in [0.05, 0.1) is 30.8 Å². The molecule has 3 rings (SSSR count). The summed E-state index contributed by atoms with van der Waals surface area (Å²) in [5, 5.41) is 13.7. The summed E-state index contributed by atoms with van der Waals surface area (Å²) >= 11 is 5.93. The third-order valence-electron chi connectivity index (χ3n) is 4.83. The molecule has 3 aromatic rings. The van der Waals surface area contributed by atoms with Crippen LogP contribution >= 0.6 is 11.6 Å². The number of hydrogen-bond donors (Lipinski definition) is 0. The molecule has 7 nitrogen and oxygen atoms in total. The van der Waals surface area contributed by atoms with Crippen molar-refractivity contribution >= 4 is 22.4 Å². The maximum atomic E-state index is 13.2. The molecule has 0 aliphatic carbocycles. The first kappa shape index (κ1) is 24.8.